The first kappa shape index (κ1) is 12.4. The molecule has 3 atom stereocenters. The maximum Gasteiger partial charge on any atom is 0.220 e. The monoisotopic (exact) mass is 252 g/mol. The highest BCUT2D eigenvalue weighted by Gasteiger charge is 2.59. The Morgan fingerprint density at radius 3 is 2.89 bits per heavy atom. The van der Waals surface area contributed by atoms with Gasteiger partial charge >= 0.3 is 0 Å². The standard InChI is InChI=1S/C14H24N2O2/c1-2-18-12-8-11(14(12)6-3-7-14)16-10-4-5-13(17)15-9-10/h10-12,16H,2-9H2,1H3,(H,15,17). The molecule has 2 aliphatic carbocycles. The van der Waals surface area contributed by atoms with Gasteiger partial charge in [0.25, 0.3) is 0 Å². The summed E-state index contributed by atoms with van der Waals surface area (Å²) < 4.78 is 5.86. The molecule has 2 N–H and O–H groups in total. The van der Waals surface area contributed by atoms with Crippen LogP contribution in [0.5, 0.6) is 0 Å². The van der Waals surface area contributed by atoms with Crippen LogP contribution in [-0.2, 0) is 9.53 Å². The quantitative estimate of drug-likeness (QED) is 0.790. The predicted octanol–water partition coefficient (Wildman–Crippen LogP) is 1.20. The molecule has 4 nitrogen and oxygen atoms in total. The minimum atomic E-state index is 0.201. The molecule has 0 aromatic carbocycles. The molecule has 102 valence electrons. The van der Waals surface area contributed by atoms with Gasteiger partial charge in [-0.2, -0.15) is 0 Å². The number of hydrogen-bond donors (Lipinski definition) is 2. The maximum atomic E-state index is 11.2. The molecule has 1 spiro atoms. The summed E-state index contributed by atoms with van der Waals surface area (Å²) in [6, 6.07) is 1.08. The second-order valence-electron chi connectivity index (χ2n) is 6.03. The van der Waals surface area contributed by atoms with Gasteiger partial charge in [-0.25, -0.2) is 0 Å². The lowest BCUT2D eigenvalue weighted by Gasteiger charge is -2.62. The van der Waals surface area contributed by atoms with Gasteiger partial charge in [0.1, 0.15) is 0 Å². The zero-order chi connectivity index (χ0) is 12.6. The van der Waals surface area contributed by atoms with Crippen molar-refractivity contribution in [3.8, 4) is 0 Å². The van der Waals surface area contributed by atoms with Crippen LogP contribution >= 0.6 is 0 Å². The van der Waals surface area contributed by atoms with Crippen LogP contribution in [0.2, 0.25) is 0 Å². The van der Waals surface area contributed by atoms with Crippen molar-refractivity contribution >= 4 is 5.91 Å². The van der Waals surface area contributed by atoms with Gasteiger partial charge in [-0.15, -0.1) is 0 Å². The molecule has 0 aromatic heterocycles. The smallest absolute Gasteiger partial charge is 0.220 e. The van der Waals surface area contributed by atoms with Crippen LogP contribution in [-0.4, -0.2) is 37.2 Å². The van der Waals surface area contributed by atoms with Crippen molar-refractivity contribution in [2.45, 2.75) is 63.6 Å². The fraction of sp³-hybridized carbons (Fsp3) is 0.929. The topological polar surface area (TPSA) is 50.4 Å². The molecule has 0 radical (unpaired) electrons. The zero-order valence-electron chi connectivity index (χ0n) is 11.2. The maximum absolute atomic E-state index is 11.2. The summed E-state index contributed by atoms with van der Waals surface area (Å²) in [7, 11) is 0. The number of hydrogen-bond acceptors (Lipinski definition) is 3. The van der Waals surface area contributed by atoms with Crippen molar-refractivity contribution in [2.75, 3.05) is 13.2 Å². The molecule has 3 unspecified atom stereocenters. The van der Waals surface area contributed by atoms with E-state index in [4.69, 9.17) is 4.74 Å². The molecule has 18 heavy (non-hydrogen) atoms. The summed E-state index contributed by atoms with van der Waals surface area (Å²) in [6.07, 6.45) is 7.26. The van der Waals surface area contributed by atoms with E-state index < -0.39 is 0 Å². The van der Waals surface area contributed by atoms with Gasteiger partial charge in [-0.05, 0) is 32.6 Å². The van der Waals surface area contributed by atoms with Crippen LogP contribution < -0.4 is 10.6 Å². The molecule has 3 fully saturated rings. The summed E-state index contributed by atoms with van der Waals surface area (Å²) in [4.78, 5) is 11.2. The van der Waals surface area contributed by atoms with E-state index in [1.54, 1.807) is 0 Å². The summed E-state index contributed by atoms with van der Waals surface area (Å²) in [6.45, 7) is 3.72. The average molecular weight is 252 g/mol. The van der Waals surface area contributed by atoms with E-state index >= 15 is 0 Å². The van der Waals surface area contributed by atoms with Gasteiger partial charge in [-0.1, -0.05) is 6.42 Å². The number of nitrogens with one attached hydrogen (secondary N) is 2. The Labute approximate surface area is 109 Å². The normalized spacial score (nSPS) is 37.8. The average Bonchev–Trinajstić information content (AvgIpc) is 2.28. The third-order valence-corrected chi connectivity index (χ3v) is 5.14. The fourth-order valence-electron chi connectivity index (χ4n) is 3.83. The van der Waals surface area contributed by atoms with E-state index in [0.717, 1.165) is 26.0 Å². The van der Waals surface area contributed by atoms with Crippen LogP contribution in [0, 0.1) is 5.41 Å². The molecule has 3 rings (SSSR count). The van der Waals surface area contributed by atoms with Crippen LogP contribution in [0.15, 0.2) is 0 Å². The van der Waals surface area contributed by atoms with Gasteiger partial charge < -0.3 is 15.4 Å². The molecule has 1 heterocycles. The number of ether oxygens (including phenoxy) is 1. The number of rotatable bonds is 4. The van der Waals surface area contributed by atoms with Gasteiger partial charge in [0.15, 0.2) is 0 Å². The van der Waals surface area contributed by atoms with E-state index in [1.807, 2.05) is 0 Å². The largest absolute Gasteiger partial charge is 0.378 e. The number of carbonyl (C=O) groups excluding carboxylic acids is 1. The first-order valence-corrected chi connectivity index (χ1v) is 7.39. The van der Waals surface area contributed by atoms with Crippen molar-refractivity contribution in [3.63, 3.8) is 0 Å². The summed E-state index contributed by atoms with van der Waals surface area (Å²) in [5, 5.41) is 6.71. The predicted molar refractivity (Wildman–Crippen MR) is 69.3 cm³/mol. The highest BCUT2D eigenvalue weighted by Crippen LogP contribution is 2.57. The van der Waals surface area contributed by atoms with Crippen molar-refractivity contribution in [3.05, 3.63) is 0 Å². The van der Waals surface area contributed by atoms with E-state index in [0.29, 0.717) is 30.0 Å². The summed E-state index contributed by atoms with van der Waals surface area (Å²) >= 11 is 0. The molecular weight excluding hydrogens is 228 g/mol. The van der Waals surface area contributed by atoms with Crippen molar-refractivity contribution in [1.29, 1.82) is 0 Å². The third-order valence-electron chi connectivity index (χ3n) is 5.14. The Morgan fingerprint density at radius 2 is 2.33 bits per heavy atom. The lowest BCUT2D eigenvalue weighted by molar-refractivity contribution is -0.175. The molecule has 1 aliphatic heterocycles. The summed E-state index contributed by atoms with van der Waals surface area (Å²) in [5.41, 5.74) is 0.428. The van der Waals surface area contributed by atoms with Gasteiger partial charge in [0, 0.05) is 37.1 Å². The first-order chi connectivity index (χ1) is 8.74. The van der Waals surface area contributed by atoms with Crippen molar-refractivity contribution in [2.24, 2.45) is 5.41 Å². The third kappa shape index (κ3) is 1.95. The van der Waals surface area contributed by atoms with E-state index in [-0.39, 0.29) is 5.91 Å². The Bertz CT molecular complexity index is 318. The second kappa shape index (κ2) is 4.82. The highest BCUT2D eigenvalue weighted by molar-refractivity contribution is 5.76. The second-order valence-corrected chi connectivity index (χ2v) is 6.03. The number of piperidine rings is 1. The molecule has 0 aromatic rings. The molecule has 3 aliphatic rings. The Morgan fingerprint density at radius 1 is 1.50 bits per heavy atom. The van der Waals surface area contributed by atoms with E-state index in [1.165, 1.54) is 19.3 Å². The number of carbonyl (C=O) groups is 1. The Balaban J connectivity index is 1.53. The van der Waals surface area contributed by atoms with E-state index in [2.05, 4.69) is 17.6 Å². The first-order valence-electron chi connectivity index (χ1n) is 7.39. The van der Waals surface area contributed by atoms with Gasteiger partial charge in [0.05, 0.1) is 6.10 Å². The minimum Gasteiger partial charge on any atom is -0.378 e. The molecule has 4 heteroatoms. The van der Waals surface area contributed by atoms with Crippen LogP contribution in [0.4, 0.5) is 0 Å². The van der Waals surface area contributed by atoms with Crippen molar-refractivity contribution < 1.29 is 9.53 Å². The molecule has 2 saturated carbocycles. The lowest BCUT2D eigenvalue weighted by Crippen LogP contribution is -2.69. The van der Waals surface area contributed by atoms with Gasteiger partial charge in [0.2, 0.25) is 5.91 Å². The van der Waals surface area contributed by atoms with Crippen LogP contribution in [0.3, 0.4) is 0 Å². The van der Waals surface area contributed by atoms with Gasteiger partial charge in [-0.3, -0.25) is 4.79 Å². The Hall–Kier alpha value is -0.610. The zero-order valence-corrected chi connectivity index (χ0v) is 11.2. The SMILES string of the molecule is CCOC1CC(NC2CCC(=O)NC2)C12CCC2. The fourth-order valence-corrected chi connectivity index (χ4v) is 3.83. The lowest BCUT2D eigenvalue weighted by atomic mass is 9.51. The van der Waals surface area contributed by atoms with Crippen LogP contribution in [0.1, 0.15) is 45.4 Å². The molecule has 1 saturated heterocycles. The van der Waals surface area contributed by atoms with E-state index in [9.17, 15) is 4.79 Å². The minimum absolute atomic E-state index is 0.201. The van der Waals surface area contributed by atoms with Crippen molar-refractivity contribution in [1.82, 2.24) is 10.6 Å². The highest BCUT2D eigenvalue weighted by atomic mass is 16.5. The Kier molecular flexibility index (Phi) is 3.32. The number of amides is 1. The van der Waals surface area contributed by atoms with Crippen LogP contribution in [0.25, 0.3) is 0 Å². The molecule has 0 bridgehead atoms. The molecular formula is C14H24N2O2. The molecule has 1 amide bonds. The summed E-state index contributed by atoms with van der Waals surface area (Å²) in [5.74, 6) is 0.201.